The first kappa shape index (κ1) is 102. The summed E-state index contributed by atoms with van der Waals surface area (Å²) in [6.45, 7) is 10.2. The number of carboxylic acids is 1. The topological polar surface area (TPSA) is 676 Å². The molecule has 0 aliphatic carbocycles. The molecule has 4 saturated heterocycles. The number of Topliss-reactive ketones (excluding diaryl/α,β-unsaturated/α-hetero) is 1. The van der Waals surface area contributed by atoms with Gasteiger partial charge in [0.05, 0.1) is 77.7 Å². The van der Waals surface area contributed by atoms with Crippen molar-refractivity contribution in [3.63, 3.8) is 0 Å². The van der Waals surface area contributed by atoms with Gasteiger partial charge in [0.1, 0.15) is 79.2 Å². The SMILES string of the molecule is CN.CN.CNC(=O)CCC(=O)C[C@H]1OC(CO)[C@H](O)C(O)[C@H]1O.CNC(=O)CCC(=O)O.CNCCCOCCOCCOCCCN.NC1[C@H](O)OC(CO)[C@@H](O)[C@@H]1O.NCCCOCCCOCCCOCCCN.N[C@H]1OC(CO)[C@H](O)C(O)[C@H]1O.O=C1CCC(=O)O1. The van der Waals surface area contributed by atoms with E-state index in [2.05, 4.69) is 32.2 Å². The Labute approximate surface area is 568 Å². The number of aliphatic carboxylic acids is 1. The standard InChI is InChI=1S/C12H28N2O3.C12H21NO7.C11H26N2O3.2C6H13NO5.C5H9NO3.C4H4O3.2CH5N/c13-5-1-7-15-9-3-11-17-12-4-10-16-8-2-6-14;1-13-9(16)3-2-6(15)4-7-10(17)12(19)11(18)8(5-14)20-7;1-13-5-3-7-15-9-11-16-10-8-14-6-2-4-12;7-3-5(10)4(9)2(1-8)12-6(3)11;7-6-5(11)4(10)3(9)2(1-8)12-6;1-6-4(7)2-3-5(8)9;5-3-1-2-4(6)7-3;2*1-2/h1-14H2;7-8,10-12,14,17-19H,2-5H2,1H3,(H,13,16);13H,2-12H2,1H3;2*2-6,8-11H,1,7H2;2-3H2,1H3,(H,6,7)(H,8,9);1-2H2;2*2H2,1H3/t;7-,8?,10+,11+,12?;;2?,3?,4-,5-,6-;2?,3-,4?,5+,6-;;;;/m.1.10..../s1. The molecule has 39 nitrogen and oxygen atoms in total. The van der Waals surface area contributed by atoms with Gasteiger partial charge in [-0.1, -0.05) is 0 Å². The van der Waals surface area contributed by atoms with E-state index in [1.807, 2.05) is 7.05 Å². The molecular formula is C58H124N10O29. The summed E-state index contributed by atoms with van der Waals surface area (Å²) in [5, 5.41) is 126. The molecule has 0 saturated carbocycles. The average Bonchev–Trinajstić information content (AvgIpc) is 1.27. The molecule has 4 aliphatic rings. The van der Waals surface area contributed by atoms with Crippen molar-refractivity contribution in [3.8, 4) is 0 Å². The minimum absolute atomic E-state index is 0.00526. The number of amides is 2. The van der Waals surface area contributed by atoms with Crippen LogP contribution >= 0.6 is 0 Å². The van der Waals surface area contributed by atoms with E-state index >= 15 is 0 Å². The van der Waals surface area contributed by atoms with Gasteiger partial charge in [0.2, 0.25) is 11.8 Å². The summed E-state index contributed by atoms with van der Waals surface area (Å²) >= 11 is 0. The van der Waals surface area contributed by atoms with Crippen molar-refractivity contribution in [2.45, 2.75) is 175 Å². The molecule has 30 N–H and O–H groups in total. The molecule has 97 heavy (non-hydrogen) atoms. The smallest absolute Gasteiger partial charge is 0.314 e. The third-order valence-electron chi connectivity index (χ3n) is 12.9. The van der Waals surface area contributed by atoms with E-state index in [1.54, 1.807) is 0 Å². The van der Waals surface area contributed by atoms with Gasteiger partial charge in [-0.05, 0) is 85.8 Å². The number of carboxylic acid groups (broad SMARTS) is 1. The first-order valence-electron chi connectivity index (χ1n) is 32.0. The maximum absolute atomic E-state index is 11.7. The minimum atomic E-state index is -1.49. The van der Waals surface area contributed by atoms with Gasteiger partial charge in [0.15, 0.2) is 6.29 Å². The number of ether oxygens (including phenoxy) is 10. The highest BCUT2D eigenvalue weighted by Crippen LogP contribution is 2.24. The Hall–Kier alpha value is -3.94. The summed E-state index contributed by atoms with van der Waals surface area (Å²) in [6, 6.07) is -1.04. The van der Waals surface area contributed by atoms with Crippen LogP contribution in [0.4, 0.5) is 0 Å². The van der Waals surface area contributed by atoms with E-state index < -0.39 is 130 Å². The van der Waals surface area contributed by atoms with Crippen LogP contribution < -0.4 is 56.1 Å². The zero-order valence-corrected chi connectivity index (χ0v) is 57.2. The highest BCUT2D eigenvalue weighted by molar-refractivity contribution is 5.92. The highest BCUT2D eigenvalue weighted by Gasteiger charge is 2.45. The van der Waals surface area contributed by atoms with Gasteiger partial charge >= 0.3 is 17.9 Å². The molecule has 39 heteroatoms. The Kier molecular flexibility index (Phi) is 73.9. The number of nitrogens with two attached hydrogens (primary N) is 7. The molecule has 0 spiro atoms. The van der Waals surface area contributed by atoms with Crippen molar-refractivity contribution in [2.75, 3.05) is 161 Å². The molecule has 0 aromatic carbocycles. The number of carbonyl (C=O) groups is 6. The van der Waals surface area contributed by atoms with Crippen molar-refractivity contribution in [3.05, 3.63) is 0 Å². The van der Waals surface area contributed by atoms with Gasteiger partial charge in [-0.15, -0.1) is 0 Å². The fourth-order valence-corrected chi connectivity index (χ4v) is 7.36. The maximum atomic E-state index is 11.7. The number of aliphatic hydroxyl groups is 12. The first-order valence-corrected chi connectivity index (χ1v) is 32.0. The number of nitrogens with one attached hydrogen (secondary N) is 3. The molecule has 4 rings (SSSR count). The summed E-state index contributed by atoms with van der Waals surface area (Å²) < 4.78 is 50.9. The second-order valence-electron chi connectivity index (χ2n) is 20.6. The van der Waals surface area contributed by atoms with Gasteiger partial charge in [-0.3, -0.25) is 28.8 Å². The number of aliphatic hydroxyl groups excluding tert-OH is 12. The van der Waals surface area contributed by atoms with Crippen molar-refractivity contribution >= 4 is 35.5 Å². The van der Waals surface area contributed by atoms with Crippen LogP contribution in [0.2, 0.25) is 0 Å². The second kappa shape index (κ2) is 70.5. The molecule has 4 heterocycles. The number of rotatable bonds is 38. The van der Waals surface area contributed by atoms with Crippen LogP contribution in [0, 0.1) is 0 Å². The molecular weight excluding hydrogens is 1300 g/mol. The third-order valence-corrected chi connectivity index (χ3v) is 12.9. The number of cyclic esters (lactones) is 2. The fourth-order valence-electron chi connectivity index (χ4n) is 7.36. The lowest BCUT2D eigenvalue weighted by atomic mass is 9.92. The Morgan fingerprint density at radius 1 is 0.443 bits per heavy atom. The Morgan fingerprint density at radius 3 is 1.15 bits per heavy atom. The Morgan fingerprint density at radius 2 is 0.784 bits per heavy atom. The van der Waals surface area contributed by atoms with Crippen LogP contribution in [0.15, 0.2) is 0 Å². The summed E-state index contributed by atoms with van der Waals surface area (Å²) in [5.41, 5.74) is 35.5. The van der Waals surface area contributed by atoms with Crippen molar-refractivity contribution in [2.24, 2.45) is 40.1 Å². The lowest BCUT2D eigenvalue weighted by molar-refractivity contribution is -0.248. The van der Waals surface area contributed by atoms with Gasteiger partial charge < -0.3 is 170 Å². The molecule has 4 aliphatic heterocycles. The van der Waals surface area contributed by atoms with Crippen LogP contribution in [-0.4, -0.2) is 354 Å². The number of esters is 2. The number of carbonyl (C=O) groups excluding carboxylic acids is 5. The first-order chi connectivity index (χ1) is 46.3. The van der Waals surface area contributed by atoms with E-state index in [9.17, 15) is 59.4 Å². The van der Waals surface area contributed by atoms with E-state index in [0.29, 0.717) is 46.1 Å². The van der Waals surface area contributed by atoms with E-state index in [4.69, 9.17) is 107 Å². The largest absolute Gasteiger partial charge is 0.481 e. The molecule has 0 bridgehead atoms. The van der Waals surface area contributed by atoms with Crippen LogP contribution in [0.5, 0.6) is 0 Å². The minimum Gasteiger partial charge on any atom is -0.481 e. The molecule has 0 radical (unpaired) electrons. The lowest BCUT2D eigenvalue weighted by Crippen LogP contribution is -2.61. The molecule has 6 unspecified atom stereocenters. The number of ketones is 1. The monoisotopic (exact) mass is 1420 g/mol. The van der Waals surface area contributed by atoms with Crippen LogP contribution in [0.25, 0.3) is 0 Å². The molecule has 15 atom stereocenters. The predicted molar refractivity (Wildman–Crippen MR) is 348 cm³/mol. The van der Waals surface area contributed by atoms with Crippen LogP contribution in [0.3, 0.4) is 0 Å². The molecule has 0 aromatic rings. The molecule has 580 valence electrons. The highest BCUT2D eigenvalue weighted by atomic mass is 16.6. The van der Waals surface area contributed by atoms with Gasteiger partial charge in [-0.2, -0.15) is 0 Å². The van der Waals surface area contributed by atoms with Crippen molar-refractivity contribution in [1.29, 1.82) is 0 Å². The average molecular weight is 1430 g/mol. The van der Waals surface area contributed by atoms with E-state index in [1.165, 1.54) is 28.2 Å². The van der Waals surface area contributed by atoms with Crippen molar-refractivity contribution in [1.82, 2.24) is 16.0 Å². The zero-order chi connectivity index (χ0) is 74.9. The predicted octanol–water partition coefficient (Wildman–Crippen LogP) is -10.1. The zero-order valence-electron chi connectivity index (χ0n) is 57.2. The molecule has 0 aromatic heterocycles. The van der Waals surface area contributed by atoms with Gasteiger partial charge in [-0.25, -0.2) is 0 Å². The summed E-state index contributed by atoms with van der Waals surface area (Å²) in [5.74, 6) is -2.56. The van der Waals surface area contributed by atoms with E-state index in [-0.39, 0.29) is 62.5 Å². The summed E-state index contributed by atoms with van der Waals surface area (Å²) in [4.78, 5) is 62.9. The summed E-state index contributed by atoms with van der Waals surface area (Å²) in [7, 11) is 7.88. The lowest BCUT2D eigenvalue weighted by Gasteiger charge is -2.39. The molecule has 4 fully saturated rings. The quantitative estimate of drug-likeness (QED) is 0.0155. The third kappa shape index (κ3) is 55.4. The molecule has 2 amide bonds. The second-order valence-corrected chi connectivity index (χ2v) is 20.6. The Balaban J connectivity index is -0.000000343. The van der Waals surface area contributed by atoms with Crippen LogP contribution in [-0.2, 0) is 76.1 Å². The van der Waals surface area contributed by atoms with Crippen LogP contribution in [0.1, 0.15) is 83.5 Å². The van der Waals surface area contributed by atoms with Gasteiger partial charge in [0.25, 0.3) is 0 Å². The van der Waals surface area contributed by atoms with Gasteiger partial charge in [0, 0.05) is 92.6 Å². The summed E-state index contributed by atoms with van der Waals surface area (Å²) in [6.07, 6.45) is -11.2. The number of hydrogen-bond acceptors (Lipinski definition) is 36. The van der Waals surface area contributed by atoms with E-state index in [0.717, 1.165) is 97.9 Å². The fraction of sp³-hybridized carbons (Fsp3) is 0.897. The van der Waals surface area contributed by atoms with Crippen molar-refractivity contribution < 1.29 is 143 Å². The normalized spacial score (nSPS) is 25.2. The maximum Gasteiger partial charge on any atom is 0.314 e. The Bertz CT molecular complexity index is 1770. The number of hydrogen-bond donors (Lipinski definition) is 23.